The van der Waals surface area contributed by atoms with Crippen LogP contribution in [0.25, 0.3) is 0 Å². The fourth-order valence-electron chi connectivity index (χ4n) is 2.37. The summed E-state index contributed by atoms with van der Waals surface area (Å²) in [5.74, 6) is 1.38. The Bertz CT molecular complexity index is 699. The summed E-state index contributed by atoms with van der Waals surface area (Å²) < 4.78 is 11.1. The quantitative estimate of drug-likeness (QED) is 0.758. The minimum Gasteiger partial charge on any atom is -0.493 e. The van der Waals surface area contributed by atoms with Gasteiger partial charge in [0.15, 0.2) is 11.5 Å². The van der Waals surface area contributed by atoms with Crippen LogP contribution in [0.5, 0.6) is 11.5 Å². The molecule has 0 aliphatic carbocycles. The predicted molar refractivity (Wildman–Crippen MR) is 100 cm³/mol. The summed E-state index contributed by atoms with van der Waals surface area (Å²) in [6, 6.07) is 13.2. The molecule has 0 aromatic heterocycles. The number of carbonyl (C=O) groups excluding carboxylic acids is 1. The molecule has 0 atom stereocenters. The van der Waals surface area contributed by atoms with Gasteiger partial charge in [0.05, 0.1) is 13.2 Å². The van der Waals surface area contributed by atoms with Gasteiger partial charge in [-0.3, -0.25) is 4.79 Å². The Morgan fingerprint density at radius 2 is 1.76 bits per heavy atom. The molecule has 1 amide bonds. The van der Waals surface area contributed by atoms with Gasteiger partial charge in [0.2, 0.25) is 5.91 Å². The van der Waals surface area contributed by atoms with E-state index in [-0.39, 0.29) is 12.0 Å². The number of amides is 1. The minimum atomic E-state index is 0.0106. The van der Waals surface area contributed by atoms with Crippen molar-refractivity contribution in [2.75, 3.05) is 7.11 Å². The zero-order valence-electron chi connectivity index (χ0n) is 14.8. The van der Waals surface area contributed by atoms with E-state index in [4.69, 9.17) is 21.1 Å². The van der Waals surface area contributed by atoms with Crippen LogP contribution in [0.1, 0.15) is 31.4 Å². The van der Waals surface area contributed by atoms with E-state index in [1.54, 1.807) is 7.11 Å². The summed E-state index contributed by atoms with van der Waals surface area (Å²) in [6.07, 6.45) is 1.20. The number of nitrogens with one attached hydrogen (secondary N) is 1. The topological polar surface area (TPSA) is 47.6 Å². The third-order valence-electron chi connectivity index (χ3n) is 3.63. The van der Waals surface area contributed by atoms with Gasteiger partial charge in [-0.2, -0.15) is 0 Å². The van der Waals surface area contributed by atoms with Crippen LogP contribution in [0, 0.1) is 0 Å². The Kier molecular flexibility index (Phi) is 7.14. The largest absolute Gasteiger partial charge is 0.493 e. The first-order chi connectivity index (χ1) is 12.0. The zero-order valence-corrected chi connectivity index (χ0v) is 15.6. The number of hydrogen-bond acceptors (Lipinski definition) is 3. The number of benzene rings is 2. The van der Waals surface area contributed by atoms with E-state index in [0.717, 1.165) is 11.1 Å². The molecule has 2 aromatic rings. The predicted octanol–water partition coefficient (Wildman–Crippen LogP) is 4.38. The zero-order chi connectivity index (χ0) is 18.2. The number of hydrogen-bond donors (Lipinski definition) is 1. The second-order valence-corrected chi connectivity index (χ2v) is 6.49. The highest BCUT2D eigenvalue weighted by molar-refractivity contribution is 6.30. The van der Waals surface area contributed by atoms with Crippen molar-refractivity contribution in [3.8, 4) is 11.5 Å². The summed E-state index contributed by atoms with van der Waals surface area (Å²) in [7, 11) is 1.61. The molecule has 0 bridgehead atoms. The summed E-state index contributed by atoms with van der Waals surface area (Å²) in [5.41, 5.74) is 2.06. The lowest BCUT2D eigenvalue weighted by Gasteiger charge is -2.14. The van der Waals surface area contributed by atoms with Crippen LogP contribution in [0.15, 0.2) is 42.5 Å². The number of aryl methyl sites for hydroxylation is 1. The Morgan fingerprint density at radius 3 is 2.40 bits per heavy atom. The van der Waals surface area contributed by atoms with E-state index in [2.05, 4.69) is 5.32 Å². The first kappa shape index (κ1) is 19.1. The SMILES string of the molecule is COc1cc(CNC(=O)CCc2ccc(Cl)cc2)ccc1OC(C)C. The van der Waals surface area contributed by atoms with Crippen LogP contribution in [0.4, 0.5) is 0 Å². The number of rotatable bonds is 8. The number of halogens is 1. The highest BCUT2D eigenvalue weighted by Gasteiger charge is 2.08. The van der Waals surface area contributed by atoms with Crippen molar-refractivity contribution in [1.29, 1.82) is 0 Å². The van der Waals surface area contributed by atoms with E-state index in [1.165, 1.54) is 0 Å². The summed E-state index contributed by atoms with van der Waals surface area (Å²) in [4.78, 5) is 12.0. The number of methoxy groups -OCH3 is 1. The Labute approximate surface area is 154 Å². The Hall–Kier alpha value is -2.20. The average molecular weight is 362 g/mol. The molecule has 0 aliphatic rings. The van der Waals surface area contributed by atoms with Crippen molar-refractivity contribution < 1.29 is 14.3 Å². The lowest BCUT2D eigenvalue weighted by molar-refractivity contribution is -0.121. The Morgan fingerprint density at radius 1 is 1.08 bits per heavy atom. The van der Waals surface area contributed by atoms with Crippen LogP contribution in [-0.2, 0) is 17.8 Å². The lowest BCUT2D eigenvalue weighted by atomic mass is 10.1. The van der Waals surface area contributed by atoms with Crippen molar-refractivity contribution in [2.24, 2.45) is 0 Å². The van der Waals surface area contributed by atoms with Crippen LogP contribution >= 0.6 is 11.6 Å². The third kappa shape index (κ3) is 6.31. The van der Waals surface area contributed by atoms with Crippen LogP contribution < -0.4 is 14.8 Å². The van der Waals surface area contributed by atoms with Crippen molar-refractivity contribution in [3.05, 3.63) is 58.6 Å². The van der Waals surface area contributed by atoms with Crippen LogP contribution in [0.3, 0.4) is 0 Å². The normalized spacial score (nSPS) is 10.6. The van der Waals surface area contributed by atoms with Gasteiger partial charge < -0.3 is 14.8 Å². The molecule has 5 heteroatoms. The van der Waals surface area contributed by atoms with E-state index in [1.807, 2.05) is 56.3 Å². The van der Waals surface area contributed by atoms with E-state index in [0.29, 0.717) is 35.9 Å². The molecule has 0 saturated carbocycles. The molecule has 4 nitrogen and oxygen atoms in total. The van der Waals surface area contributed by atoms with E-state index < -0.39 is 0 Å². The molecular weight excluding hydrogens is 338 g/mol. The van der Waals surface area contributed by atoms with Gasteiger partial charge in [-0.15, -0.1) is 0 Å². The first-order valence-electron chi connectivity index (χ1n) is 8.32. The van der Waals surface area contributed by atoms with E-state index in [9.17, 15) is 4.79 Å². The van der Waals surface area contributed by atoms with Crippen LogP contribution in [0.2, 0.25) is 5.02 Å². The second-order valence-electron chi connectivity index (χ2n) is 6.06. The molecule has 0 spiro atoms. The van der Waals surface area contributed by atoms with Gasteiger partial charge in [0.1, 0.15) is 0 Å². The molecule has 1 N–H and O–H groups in total. The first-order valence-corrected chi connectivity index (χ1v) is 8.70. The fourth-order valence-corrected chi connectivity index (χ4v) is 2.50. The van der Waals surface area contributed by atoms with E-state index >= 15 is 0 Å². The molecule has 0 unspecified atom stereocenters. The number of carbonyl (C=O) groups is 1. The molecule has 0 heterocycles. The molecule has 0 radical (unpaired) electrons. The fraction of sp³-hybridized carbons (Fsp3) is 0.350. The molecule has 2 rings (SSSR count). The maximum atomic E-state index is 12.0. The summed E-state index contributed by atoms with van der Waals surface area (Å²) in [6.45, 7) is 4.39. The van der Waals surface area contributed by atoms with Gasteiger partial charge in [-0.1, -0.05) is 29.8 Å². The molecule has 2 aromatic carbocycles. The van der Waals surface area contributed by atoms with Crippen molar-refractivity contribution in [1.82, 2.24) is 5.32 Å². The van der Waals surface area contributed by atoms with Crippen molar-refractivity contribution >= 4 is 17.5 Å². The smallest absolute Gasteiger partial charge is 0.220 e. The summed E-state index contributed by atoms with van der Waals surface area (Å²) in [5, 5.41) is 3.63. The van der Waals surface area contributed by atoms with Gasteiger partial charge >= 0.3 is 0 Å². The number of ether oxygens (including phenoxy) is 2. The lowest BCUT2D eigenvalue weighted by Crippen LogP contribution is -2.23. The monoisotopic (exact) mass is 361 g/mol. The van der Waals surface area contributed by atoms with Crippen molar-refractivity contribution in [3.63, 3.8) is 0 Å². The highest BCUT2D eigenvalue weighted by Crippen LogP contribution is 2.28. The maximum Gasteiger partial charge on any atom is 0.220 e. The van der Waals surface area contributed by atoms with Crippen molar-refractivity contribution in [2.45, 2.75) is 39.3 Å². The van der Waals surface area contributed by atoms with Gasteiger partial charge in [0.25, 0.3) is 0 Å². The average Bonchev–Trinajstić information content (AvgIpc) is 2.60. The molecule has 0 saturated heterocycles. The molecule has 25 heavy (non-hydrogen) atoms. The molecule has 0 fully saturated rings. The standard InChI is InChI=1S/C20H24ClNO3/c1-14(2)25-18-10-6-16(12-19(18)24-3)13-22-20(23)11-7-15-4-8-17(21)9-5-15/h4-6,8-10,12,14H,7,11,13H2,1-3H3,(H,22,23). The molecular formula is C20H24ClNO3. The van der Waals surface area contributed by atoms with Gasteiger partial charge in [0, 0.05) is 18.0 Å². The highest BCUT2D eigenvalue weighted by atomic mass is 35.5. The Balaban J connectivity index is 1.85. The second kappa shape index (κ2) is 9.33. The maximum absolute atomic E-state index is 12.0. The van der Waals surface area contributed by atoms with Crippen LogP contribution in [-0.4, -0.2) is 19.1 Å². The summed E-state index contributed by atoms with van der Waals surface area (Å²) >= 11 is 5.86. The molecule has 0 aliphatic heterocycles. The van der Waals surface area contributed by atoms with Gasteiger partial charge in [-0.05, 0) is 55.7 Å². The third-order valence-corrected chi connectivity index (χ3v) is 3.89. The minimum absolute atomic E-state index is 0.0106. The molecule has 134 valence electrons. The van der Waals surface area contributed by atoms with Gasteiger partial charge in [-0.25, -0.2) is 0 Å².